The minimum Gasteiger partial charge on any atom is -0.368 e. The van der Waals surface area contributed by atoms with Crippen LogP contribution in [0.1, 0.15) is 24.8 Å². The van der Waals surface area contributed by atoms with Crippen molar-refractivity contribution < 1.29 is 22.3 Å². The summed E-state index contributed by atoms with van der Waals surface area (Å²) in [4.78, 5) is 14.9. The molecule has 2 aromatic rings. The van der Waals surface area contributed by atoms with Crippen LogP contribution in [0, 0.1) is 17.2 Å². The van der Waals surface area contributed by atoms with Crippen molar-refractivity contribution in [2.75, 3.05) is 18.9 Å². The number of nitrogens with two attached hydrogens (primary N) is 1. The van der Waals surface area contributed by atoms with Crippen molar-refractivity contribution >= 4 is 15.9 Å². The zero-order valence-corrected chi connectivity index (χ0v) is 18.6. The third-order valence-electron chi connectivity index (χ3n) is 7.29. The van der Waals surface area contributed by atoms with Crippen molar-refractivity contribution in [2.45, 2.75) is 37.8 Å². The van der Waals surface area contributed by atoms with Gasteiger partial charge in [0.25, 0.3) is 5.91 Å². The Morgan fingerprint density at radius 3 is 2.47 bits per heavy atom. The first kappa shape index (κ1) is 21.6. The van der Waals surface area contributed by atoms with Gasteiger partial charge < -0.3 is 9.64 Å². The van der Waals surface area contributed by atoms with Gasteiger partial charge in [-0.05, 0) is 35.8 Å². The maximum absolute atomic E-state index is 15.6. The molecule has 3 aliphatic rings. The number of ether oxygens (including phenoxy) is 1. The van der Waals surface area contributed by atoms with Crippen molar-refractivity contribution in [2.24, 2.45) is 16.5 Å². The van der Waals surface area contributed by atoms with Crippen molar-refractivity contribution in [3.8, 4) is 11.1 Å². The summed E-state index contributed by atoms with van der Waals surface area (Å²) in [5, 5.41) is 5.44. The van der Waals surface area contributed by atoms with E-state index in [1.807, 2.05) is 30.3 Å². The van der Waals surface area contributed by atoms with Crippen LogP contribution in [0.4, 0.5) is 4.39 Å². The molecule has 2 saturated heterocycles. The van der Waals surface area contributed by atoms with Crippen molar-refractivity contribution in [3.05, 3.63) is 59.9 Å². The van der Waals surface area contributed by atoms with Crippen LogP contribution >= 0.6 is 0 Å². The smallest absolute Gasteiger partial charge is 0.252 e. The number of benzene rings is 2. The van der Waals surface area contributed by atoms with Crippen LogP contribution in [0.2, 0.25) is 0 Å². The molecule has 0 unspecified atom stereocenters. The maximum atomic E-state index is 15.6. The number of sulfonamides is 1. The largest absolute Gasteiger partial charge is 0.368 e. The predicted octanol–water partition coefficient (Wildman–Crippen LogP) is 2.72. The first-order valence-corrected chi connectivity index (χ1v) is 12.7. The van der Waals surface area contributed by atoms with Gasteiger partial charge in [-0.2, -0.15) is 0 Å². The number of primary sulfonamides is 1. The van der Waals surface area contributed by atoms with E-state index in [2.05, 4.69) is 0 Å². The fourth-order valence-electron chi connectivity index (χ4n) is 5.34. The topological polar surface area (TPSA) is 89.7 Å². The molecular formula is C24H27FN2O4S. The normalized spacial score (nSPS) is 26.2. The average molecular weight is 459 g/mol. The molecule has 1 aliphatic carbocycles. The fourth-order valence-corrected chi connectivity index (χ4v) is 6.42. The quantitative estimate of drug-likeness (QED) is 0.721. The standard InChI is InChI=1S/C24H27FN2O4S/c25-22-17(7-4-8-18(22)16-5-2-1-3-6-16)13-20-19(14-32(26,29)30)24(10-11-24)15-27(20)23(28)21-9-12-31-21/h1-8,19-21H,9-15H2,(H2,26,29,30)/t19-,20+,21-/m0/s1. The predicted molar refractivity (Wildman–Crippen MR) is 119 cm³/mol. The number of likely N-dealkylation sites (tertiary alicyclic amines) is 1. The van der Waals surface area contributed by atoms with Gasteiger partial charge in [0.2, 0.25) is 10.0 Å². The first-order valence-electron chi connectivity index (χ1n) is 11.0. The van der Waals surface area contributed by atoms with Crippen molar-refractivity contribution in [1.82, 2.24) is 4.90 Å². The Kier molecular flexibility index (Phi) is 5.34. The Morgan fingerprint density at radius 1 is 1.16 bits per heavy atom. The van der Waals surface area contributed by atoms with Gasteiger partial charge in [0.1, 0.15) is 11.9 Å². The zero-order chi connectivity index (χ0) is 22.5. The van der Waals surface area contributed by atoms with Crippen LogP contribution in [0.15, 0.2) is 48.5 Å². The van der Waals surface area contributed by atoms with E-state index in [9.17, 15) is 13.2 Å². The molecule has 0 radical (unpaired) electrons. The third-order valence-corrected chi connectivity index (χ3v) is 8.11. The molecule has 6 nitrogen and oxygen atoms in total. The molecule has 3 atom stereocenters. The third kappa shape index (κ3) is 3.95. The van der Waals surface area contributed by atoms with E-state index in [0.717, 1.165) is 18.4 Å². The molecule has 1 amide bonds. The molecule has 2 aromatic carbocycles. The summed E-state index contributed by atoms with van der Waals surface area (Å²) in [6, 6.07) is 14.1. The SMILES string of the molecule is NS(=O)(=O)C[C@H]1[C@@H](Cc2cccc(-c3ccccc3)c2F)N(C(=O)[C@@H]2CCO2)CC12CC2. The van der Waals surface area contributed by atoms with Crippen LogP contribution in [0.25, 0.3) is 11.1 Å². The van der Waals surface area contributed by atoms with E-state index < -0.39 is 22.2 Å². The zero-order valence-electron chi connectivity index (χ0n) is 17.7. The van der Waals surface area contributed by atoms with Gasteiger partial charge in [-0.25, -0.2) is 17.9 Å². The highest BCUT2D eigenvalue weighted by molar-refractivity contribution is 7.89. The summed E-state index contributed by atoms with van der Waals surface area (Å²) in [7, 11) is -3.75. The van der Waals surface area contributed by atoms with Crippen LogP contribution < -0.4 is 5.14 Å². The molecule has 1 saturated carbocycles. The molecule has 2 N–H and O–H groups in total. The minimum absolute atomic E-state index is 0.121. The molecule has 2 aliphatic heterocycles. The molecule has 8 heteroatoms. The number of hydrogen-bond donors (Lipinski definition) is 1. The van der Waals surface area contributed by atoms with Crippen LogP contribution in [0.3, 0.4) is 0 Å². The lowest BCUT2D eigenvalue weighted by atomic mass is 9.86. The Balaban J connectivity index is 1.50. The van der Waals surface area contributed by atoms with Gasteiger partial charge in [0, 0.05) is 30.5 Å². The lowest BCUT2D eigenvalue weighted by molar-refractivity contribution is -0.157. The molecule has 32 heavy (non-hydrogen) atoms. The Bertz CT molecular complexity index is 1130. The summed E-state index contributed by atoms with van der Waals surface area (Å²) in [5.41, 5.74) is 1.49. The Hall–Kier alpha value is -2.29. The van der Waals surface area contributed by atoms with Crippen LogP contribution in [0.5, 0.6) is 0 Å². The lowest BCUT2D eigenvalue weighted by Gasteiger charge is -2.34. The van der Waals surface area contributed by atoms with E-state index in [-0.39, 0.29) is 35.2 Å². The van der Waals surface area contributed by atoms with Gasteiger partial charge >= 0.3 is 0 Å². The second kappa shape index (κ2) is 7.93. The summed E-state index contributed by atoms with van der Waals surface area (Å²) in [6.07, 6.45) is 2.12. The van der Waals surface area contributed by atoms with E-state index in [4.69, 9.17) is 9.88 Å². The highest BCUT2D eigenvalue weighted by Crippen LogP contribution is 2.59. The van der Waals surface area contributed by atoms with Gasteiger partial charge in [-0.15, -0.1) is 0 Å². The highest BCUT2D eigenvalue weighted by Gasteiger charge is 2.61. The number of carbonyl (C=O) groups is 1. The van der Waals surface area contributed by atoms with Gasteiger partial charge in [-0.1, -0.05) is 48.5 Å². The minimum atomic E-state index is -3.75. The van der Waals surface area contributed by atoms with Crippen molar-refractivity contribution in [3.63, 3.8) is 0 Å². The first-order chi connectivity index (χ1) is 15.3. The molecule has 170 valence electrons. The van der Waals surface area contributed by atoms with Crippen molar-refractivity contribution in [1.29, 1.82) is 0 Å². The summed E-state index contributed by atoms with van der Waals surface area (Å²) >= 11 is 0. The van der Waals surface area contributed by atoms with E-state index >= 15 is 4.39 Å². The second-order valence-electron chi connectivity index (χ2n) is 9.33. The molecule has 0 aromatic heterocycles. The van der Waals surface area contributed by atoms with E-state index in [0.29, 0.717) is 30.7 Å². The van der Waals surface area contributed by atoms with E-state index in [1.165, 1.54) is 0 Å². The number of carbonyl (C=O) groups excluding carboxylic acids is 1. The molecule has 5 rings (SSSR count). The summed E-state index contributed by atoms with van der Waals surface area (Å²) in [6.45, 7) is 1.03. The van der Waals surface area contributed by atoms with Gasteiger partial charge in [0.05, 0.1) is 12.4 Å². The number of nitrogens with zero attached hydrogens (tertiary/aromatic N) is 1. The summed E-state index contributed by atoms with van der Waals surface area (Å²) in [5.74, 6) is -0.977. The molecule has 3 fully saturated rings. The van der Waals surface area contributed by atoms with Gasteiger partial charge in [0.15, 0.2) is 0 Å². The van der Waals surface area contributed by atoms with Crippen LogP contribution in [-0.4, -0.2) is 50.3 Å². The average Bonchev–Trinajstić information content (AvgIpc) is 3.43. The Morgan fingerprint density at radius 2 is 1.88 bits per heavy atom. The fraction of sp³-hybridized carbons (Fsp3) is 0.458. The second-order valence-corrected chi connectivity index (χ2v) is 11.0. The molecule has 0 bridgehead atoms. The van der Waals surface area contributed by atoms with Gasteiger partial charge in [-0.3, -0.25) is 4.79 Å². The number of rotatable bonds is 6. The monoisotopic (exact) mass is 458 g/mol. The maximum Gasteiger partial charge on any atom is 0.252 e. The molecule has 1 spiro atoms. The molecular weight excluding hydrogens is 431 g/mol. The Labute approximate surface area is 187 Å². The summed E-state index contributed by atoms with van der Waals surface area (Å²) < 4.78 is 45.1. The van der Waals surface area contributed by atoms with Crippen LogP contribution in [-0.2, 0) is 26.0 Å². The number of hydrogen-bond acceptors (Lipinski definition) is 4. The highest BCUT2D eigenvalue weighted by atomic mass is 32.2. The van der Waals surface area contributed by atoms with E-state index in [1.54, 1.807) is 23.1 Å². The lowest BCUT2D eigenvalue weighted by Crippen LogP contribution is -2.49. The molecule has 2 heterocycles. The number of halogens is 1. The number of amides is 1.